The smallest absolute Gasteiger partial charge is 0.222 e. The summed E-state index contributed by atoms with van der Waals surface area (Å²) in [6.07, 6.45) is 17.3. The Kier molecular flexibility index (Phi) is 17.0. The number of aliphatic hydroxyl groups is 2. The van der Waals surface area contributed by atoms with Crippen molar-refractivity contribution in [3.8, 4) is 0 Å². The Balaban J connectivity index is 3.63. The first kappa shape index (κ1) is 25.1. The van der Waals surface area contributed by atoms with Gasteiger partial charge in [-0.25, -0.2) is 0 Å². The molecular formula is C22H43NO3. The van der Waals surface area contributed by atoms with Gasteiger partial charge in [0.1, 0.15) is 0 Å². The van der Waals surface area contributed by atoms with Gasteiger partial charge in [-0.05, 0) is 46.0 Å². The van der Waals surface area contributed by atoms with Crippen molar-refractivity contribution >= 4 is 5.91 Å². The van der Waals surface area contributed by atoms with Gasteiger partial charge in [0.05, 0.1) is 12.2 Å². The minimum atomic E-state index is -0.558. The third kappa shape index (κ3) is 16.6. The summed E-state index contributed by atoms with van der Waals surface area (Å²) in [6.45, 7) is 6.18. The Morgan fingerprint density at radius 2 is 1.27 bits per heavy atom. The molecule has 0 aliphatic rings. The van der Waals surface area contributed by atoms with Gasteiger partial charge in [-0.2, -0.15) is 0 Å². The predicted octanol–water partition coefficient (Wildman–Crippen LogP) is 4.83. The van der Waals surface area contributed by atoms with E-state index in [1.807, 2.05) is 0 Å². The van der Waals surface area contributed by atoms with Crippen LogP contribution in [0.1, 0.15) is 97.8 Å². The maximum atomic E-state index is 12.2. The summed E-state index contributed by atoms with van der Waals surface area (Å²) in [5, 5.41) is 19.0. The molecule has 1 amide bonds. The van der Waals surface area contributed by atoms with E-state index in [0.29, 0.717) is 19.5 Å². The SMILES string of the molecule is CCCCCC/C=C\CCCCCCCC(=O)N(CC(C)O)CC(C)O. The molecular weight excluding hydrogens is 326 g/mol. The van der Waals surface area contributed by atoms with Crippen LogP contribution in [0.2, 0.25) is 0 Å². The number of hydrogen-bond acceptors (Lipinski definition) is 3. The van der Waals surface area contributed by atoms with Crippen LogP contribution >= 0.6 is 0 Å². The van der Waals surface area contributed by atoms with E-state index >= 15 is 0 Å². The molecule has 0 fully saturated rings. The Hall–Kier alpha value is -0.870. The van der Waals surface area contributed by atoms with E-state index in [9.17, 15) is 15.0 Å². The molecule has 2 unspecified atom stereocenters. The number of nitrogens with zero attached hydrogens (tertiary/aromatic N) is 1. The van der Waals surface area contributed by atoms with Gasteiger partial charge >= 0.3 is 0 Å². The first-order chi connectivity index (χ1) is 12.5. The van der Waals surface area contributed by atoms with E-state index in [-0.39, 0.29) is 5.91 Å². The summed E-state index contributed by atoms with van der Waals surface area (Å²) in [6, 6.07) is 0. The lowest BCUT2D eigenvalue weighted by Crippen LogP contribution is -2.40. The van der Waals surface area contributed by atoms with Crippen LogP contribution in [0, 0.1) is 0 Å². The molecule has 4 heteroatoms. The van der Waals surface area contributed by atoms with Gasteiger partial charge in [0.15, 0.2) is 0 Å². The van der Waals surface area contributed by atoms with Crippen molar-refractivity contribution in [3.63, 3.8) is 0 Å². The predicted molar refractivity (Wildman–Crippen MR) is 110 cm³/mol. The summed E-state index contributed by atoms with van der Waals surface area (Å²) in [4.78, 5) is 13.8. The van der Waals surface area contributed by atoms with Gasteiger partial charge < -0.3 is 15.1 Å². The summed E-state index contributed by atoms with van der Waals surface area (Å²) in [7, 11) is 0. The van der Waals surface area contributed by atoms with Crippen LogP contribution in [0.15, 0.2) is 12.2 Å². The Bertz CT molecular complexity index is 343. The molecule has 0 spiro atoms. The van der Waals surface area contributed by atoms with Gasteiger partial charge in [-0.1, -0.05) is 57.6 Å². The molecule has 154 valence electrons. The quantitative estimate of drug-likeness (QED) is 0.285. The van der Waals surface area contributed by atoms with Crippen molar-refractivity contribution in [3.05, 3.63) is 12.2 Å². The average molecular weight is 370 g/mol. The highest BCUT2D eigenvalue weighted by molar-refractivity contribution is 5.76. The first-order valence-corrected chi connectivity index (χ1v) is 10.8. The third-order valence-corrected chi connectivity index (χ3v) is 4.47. The molecule has 0 radical (unpaired) electrons. The maximum Gasteiger partial charge on any atom is 0.222 e. The zero-order chi connectivity index (χ0) is 19.6. The number of rotatable bonds is 17. The molecule has 0 aromatic carbocycles. The number of hydrogen-bond donors (Lipinski definition) is 2. The van der Waals surface area contributed by atoms with Gasteiger partial charge in [0.25, 0.3) is 0 Å². The lowest BCUT2D eigenvalue weighted by Gasteiger charge is -2.25. The third-order valence-electron chi connectivity index (χ3n) is 4.47. The minimum absolute atomic E-state index is 0.0396. The van der Waals surface area contributed by atoms with Crippen LogP contribution in [0.25, 0.3) is 0 Å². The highest BCUT2D eigenvalue weighted by Gasteiger charge is 2.16. The second kappa shape index (κ2) is 17.5. The van der Waals surface area contributed by atoms with E-state index < -0.39 is 12.2 Å². The maximum absolute atomic E-state index is 12.2. The fraction of sp³-hybridized carbons (Fsp3) is 0.864. The Morgan fingerprint density at radius 3 is 1.77 bits per heavy atom. The van der Waals surface area contributed by atoms with E-state index in [2.05, 4.69) is 19.1 Å². The van der Waals surface area contributed by atoms with Crippen molar-refractivity contribution in [1.82, 2.24) is 4.90 Å². The molecule has 0 aliphatic heterocycles. The Morgan fingerprint density at radius 1 is 0.808 bits per heavy atom. The number of carbonyl (C=O) groups is 1. The van der Waals surface area contributed by atoms with Crippen molar-refractivity contribution < 1.29 is 15.0 Å². The fourth-order valence-electron chi connectivity index (χ4n) is 3.07. The lowest BCUT2D eigenvalue weighted by molar-refractivity contribution is -0.134. The Labute approximate surface area is 161 Å². The highest BCUT2D eigenvalue weighted by atomic mass is 16.3. The number of unbranched alkanes of at least 4 members (excludes halogenated alkanes) is 9. The van der Waals surface area contributed by atoms with E-state index in [0.717, 1.165) is 12.8 Å². The molecule has 0 bridgehead atoms. The standard InChI is InChI=1S/C22H43NO3/c1-4-5-6-7-8-9-10-11-12-13-14-15-16-17-22(26)23(18-20(2)24)19-21(3)25/h9-10,20-21,24-25H,4-8,11-19H2,1-3H3/b10-9-. The van der Waals surface area contributed by atoms with E-state index in [1.165, 1.54) is 57.8 Å². The first-order valence-electron chi connectivity index (χ1n) is 10.8. The molecule has 4 nitrogen and oxygen atoms in total. The highest BCUT2D eigenvalue weighted by Crippen LogP contribution is 2.10. The molecule has 0 rings (SSSR count). The van der Waals surface area contributed by atoms with E-state index in [1.54, 1.807) is 18.7 Å². The fourth-order valence-corrected chi connectivity index (χ4v) is 3.07. The second-order valence-electron chi connectivity index (χ2n) is 7.62. The molecule has 2 atom stereocenters. The van der Waals surface area contributed by atoms with Gasteiger partial charge in [0.2, 0.25) is 5.91 Å². The van der Waals surface area contributed by atoms with Crippen LogP contribution in [0.3, 0.4) is 0 Å². The zero-order valence-electron chi connectivity index (χ0n) is 17.5. The molecule has 2 N–H and O–H groups in total. The van der Waals surface area contributed by atoms with E-state index in [4.69, 9.17) is 0 Å². The number of aliphatic hydroxyl groups excluding tert-OH is 2. The number of amides is 1. The van der Waals surface area contributed by atoms with Crippen molar-refractivity contribution in [2.45, 2.75) is 110 Å². The minimum Gasteiger partial charge on any atom is -0.392 e. The molecule has 26 heavy (non-hydrogen) atoms. The van der Waals surface area contributed by atoms with Crippen LogP contribution < -0.4 is 0 Å². The molecule has 0 saturated carbocycles. The van der Waals surface area contributed by atoms with Gasteiger partial charge in [-0.3, -0.25) is 4.79 Å². The molecule has 0 saturated heterocycles. The second-order valence-corrected chi connectivity index (χ2v) is 7.62. The monoisotopic (exact) mass is 369 g/mol. The number of carbonyl (C=O) groups excluding carboxylic acids is 1. The largest absolute Gasteiger partial charge is 0.392 e. The molecule has 0 heterocycles. The topological polar surface area (TPSA) is 60.8 Å². The van der Waals surface area contributed by atoms with Crippen LogP contribution in [0.5, 0.6) is 0 Å². The summed E-state index contributed by atoms with van der Waals surface area (Å²) >= 11 is 0. The van der Waals surface area contributed by atoms with Crippen molar-refractivity contribution in [2.24, 2.45) is 0 Å². The summed E-state index contributed by atoms with van der Waals surface area (Å²) in [5.41, 5.74) is 0. The van der Waals surface area contributed by atoms with Crippen LogP contribution in [0.4, 0.5) is 0 Å². The molecule has 0 aliphatic carbocycles. The van der Waals surface area contributed by atoms with Crippen molar-refractivity contribution in [1.29, 1.82) is 0 Å². The van der Waals surface area contributed by atoms with Crippen LogP contribution in [-0.2, 0) is 4.79 Å². The summed E-state index contributed by atoms with van der Waals surface area (Å²) < 4.78 is 0. The van der Waals surface area contributed by atoms with Gasteiger partial charge in [0, 0.05) is 19.5 Å². The normalized spacial score (nSPS) is 13.9. The summed E-state index contributed by atoms with van der Waals surface area (Å²) in [5.74, 6) is 0.0396. The van der Waals surface area contributed by atoms with Crippen molar-refractivity contribution in [2.75, 3.05) is 13.1 Å². The van der Waals surface area contributed by atoms with Crippen LogP contribution in [-0.4, -0.2) is 46.3 Å². The zero-order valence-corrected chi connectivity index (χ0v) is 17.5. The van der Waals surface area contributed by atoms with Gasteiger partial charge in [-0.15, -0.1) is 0 Å². The lowest BCUT2D eigenvalue weighted by atomic mass is 10.1. The molecule has 0 aromatic rings. The average Bonchev–Trinajstić information content (AvgIpc) is 2.57. The molecule has 0 aromatic heterocycles. The number of allylic oxidation sites excluding steroid dienone is 2.